The summed E-state index contributed by atoms with van der Waals surface area (Å²) in [5, 5.41) is 5.37. The lowest BCUT2D eigenvalue weighted by molar-refractivity contribution is -0.0870. The van der Waals surface area contributed by atoms with Crippen LogP contribution in [0.5, 0.6) is 11.5 Å². The van der Waals surface area contributed by atoms with Crippen LogP contribution in [0.25, 0.3) is 10.8 Å². The first-order chi connectivity index (χ1) is 13.6. The molecule has 2 unspecified atom stereocenters. The maximum Gasteiger partial charge on any atom is 0.321 e. The highest BCUT2D eigenvalue weighted by atomic mass is 16.5. The summed E-state index contributed by atoms with van der Waals surface area (Å²) in [7, 11) is 1.65. The first-order valence-corrected chi connectivity index (χ1v) is 9.50. The molecule has 5 rings (SSSR count). The molecule has 2 atom stereocenters. The zero-order chi connectivity index (χ0) is 19.3. The van der Waals surface area contributed by atoms with Crippen LogP contribution in [-0.2, 0) is 6.54 Å². The molecule has 2 amide bonds. The predicted molar refractivity (Wildman–Crippen MR) is 107 cm³/mol. The number of amides is 2. The molecule has 1 N–H and O–H groups in total. The van der Waals surface area contributed by atoms with Crippen LogP contribution in [0, 0.1) is 0 Å². The average Bonchev–Trinajstić information content (AvgIpc) is 2.71. The SMILES string of the molecule is COc1ccccc1CN1C(=O)NC2CC1(C)Oc1c2ccc2ccccc12. The molecule has 1 fully saturated rings. The number of ether oxygens (including phenoxy) is 2. The van der Waals surface area contributed by atoms with E-state index < -0.39 is 5.72 Å². The average molecular weight is 374 g/mol. The van der Waals surface area contributed by atoms with Gasteiger partial charge in [-0.2, -0.15) is 0 Å². The molecule has 3 aromatic rings. The van der Waals surface area contributed by atoms with E-state index in [4.69, 9.17) is 9.47 Å². The predicted octanol–water partition coefficient (Wildman–Crippen LogP) is 4.61. The number of carbonyl (C=O) groups excluding carboxylic acids is 1. The van der Waals surface area contributed by atoms with Gasteiger partial charge < -0.3 is 14.8 Å². The molecule has 142 valence electrons. The van der Waals surface area contributed by atoms with E-state index in [2.05, 4.69) is 29.6 Å². The van der Waals surface area contributed by atoms with Gasteiger partial charge in [0.25, 0.3) is 0 Å². The Hall–Kier alpha value is -3.21. The van der Waals surface area contributed by atoms with Gasteiger partial charge in [0.05, 0.1) is 19.7 Å². The van der Waals surface area contributed by atoms with Crippen LogP contribution in [0.2, 0.25) is 0 Å². The molecule has 0 aromatic heterocycles. The van der Waals surface area contributed by atoms with Gasteiger partial charge in [-0.15, -0.1) is 0 Å². The minimum atomic E-state index is -0.731. The van der Waals surface area contributed by atoms with Crippen molar-refractivity contribution >= 4 is 16.8 Å². The van der Waals surface area contributed by atoms with Crippen LogP contribution in [0.15, 0.2) is 60.7 Å². The first-order valence-electron chi connectivity index (χ1n) is 9.50. The first kappa shape index (κ1) is 16.9. The second-order valence-corrected chi connectivity index (χ2v) is 7.59. The number of nitrogens with one attached hydrogen (secondary N) is 1. The Bertz CT molecular complexity index is 1080. The Morgan fingerprint density at radius 2 is 1.93 bits per heavy atom. The van der Waals surface area contributed by atoms with Crippen molar-refractivity contribution in [1.82, 2.24) is 10.2 Å². The fourth-order valence-corrected chi connectivity index (χ4v) is 4.38. The molecule has 2 heterocycles. The Morgan fingerprint density at radius 3 is 2.79 bits per heavy atom. The summed E-state index contributed by atoms with van der Waals surface area (Å²) < 4.78 is 12.0. The Balaban J connectivity index is 1.58. The van der Waals surface area contributed by atoms with Crippen molar-refractivity contribution in [1.29, 1.82) is 0 Å². The standard InChI is InChI=1S/C23H22N2O3/c1-23-13-19(18-12-11-15-7-3-5-9-17(15)21(18)28-23)24-22(26)25(23)14-16-8-4-6-10-20(16)27-2/h3-12,19H,13-14H2,1-2H3,(H,24,26). The molecule has 2 aliphatic rings. The normalized spacial score (nSPS) is 23.0. The summed E-state index contributed by atoms with van der Waals surface area (Å²) in [6.45, 7) is 2.41. The van der Waals surface area contributed by atoms with Crippen LogP contribution >= 0.6 is 0 Å². The summed E-state index contributed by atoms with van der Waals surface area (Å²) in [5.74, 6) is 1.63. The molecule has 1 saturated heterocycles. The number of hydrogen-bond donors (Lipinski definition) is 1. The minimum absolute atomic E-state index is 0.0558. The van der Waals surface area contributed by atoms with Gasteiger partial charge in [0.1, 0.15) is 11.5 Å². The van der Waals surface area contributed by atoms with Gasteiger partial charge in [0, 0.05) is 22.9 Å². The topological polar surface area (TPSA) is 50.8 Å². The van der Waals surface area contributed by atoms with Crippen LogP contribution in [0.1, 0.15) is 30.5 Å². The van der Waals surface area contributed by atoms with Crippen molar-refractivity contribution < 1.29 is 14.3 Å². The van der Waals surface area contributed by atoms with Crippen molar-refractivity contribution in [2.75, 3.05) is 7.11 Å². The van der Waals surface area contributed by atoms with Crippen LogP contribution in [0.3, 0.4) is 0 Å². The highest BCUT2D eigenvalue weighted by Gasteiger charge is 2.49. The molecule has 0 radical (unpaired) electrons. The third-order valence-corrected chi connectivity index (χ3v) is 5.83. The second kappa shape index (κ2) is 6.16. The number of benzene rings is 3. The fourth-order valence-electron chi connectivity index (χ4n) is 4.38. The van der Waals surface area contributed by atoms with E-state index in [1.807, 2.05) is 43.3 Å². The Labute approximate surface area is 163 Å². The van der Waals surface area contributed by atoms with Gasteiger partial charge in [-0.1, -0.05) is 54.6 Å². The smallest absolute Gasteiger partial charge is 0.321 e. The quantitative estimate of drug-likeness (QED) is 0.728. The van der Waals surface area contributed by atoms with Gasteiger partial charge in [0.2, 0.25) is 0 Å². The number of nitrogens with zero attached hydrogens (tertiary/aromatic N) is 1. The van der Waals surface area contributed by atoms with Gasteiger partial charge in [-0.05, 0) is 18.4 Å². The van der Waals surface area contributed by atoms with E-state index in [0.29, 0.717) is 13.0 Å². The van der Waals surface area contributed by atoms with Crippen LogP contribution < -0.4 is 14.8 Å². The molecule has 3 aromatic carbocycles. The van der Waals surface area contributed by atoms with E-state index in [0.717, 1.165) is 33.4 Å². The third-order valence-electron chi connectivity index (χ3n) is 5.83. The number of urea groups is 1. The summed E-state index contributed by atoms with van der Waals surface area (Å²) in [5.41, 5.74) is 1.26. The maximum absolute atomic E-state index is 13.0. The largest absolute Gasteiger partial charge is 0.496 e. The van der Waals surface area contributed by atoms with Crippen molar-refractivity contribution in [2.45, 2.75) is 31.7 Å². The molecule has 0 saturated carbocycles. The van der Waals surface area contributed by atoms with Gasteiger partial charge in [0.15, 0.2) is 5.72 Å². The number of carbonyl (C=O) groups is 1. The van der Waals surface area contributed by atoms with Crippen molar-refractivity contribution in [3.63, 3.8) is 0 Å². The molecule has 5 heteroatoms. The number of fused-ring (bicyclic) bond motifs is 6. The van der Waals surface area contributed by atoms with Crippen LogP contribution in [0.4, 0.5) is 4.79 Å². The van der Waals surface area contributed by atoms with Gasteiger partial charge in [-0.3, -0.25) is 4.90 Å². The summed E-state index contributed by atoms with van der Waals surface area (Å²) in [6, 6.07) is 19.9. The van der Waals surface area contributed by atoms with Gasteiger partial charge >= 0.3 is 6.03 Å². The molecular formula is C23H22N2O3. The molecule has 0 spiro atoms. The van der Waals surface area contributed by atoms with E-state index >= 15 is 0 Å². The molecule has 0 aliphatic carbocycles. The minimum Gasteiger partial charge on any atom is -0.496 e. The second-order valence-electron chi connectivity index (χ2n) is 7.59. The van der Waals surface area contributed by atoms with Gasteiger partial charge in [-0.25, -0.2) is 4.79 Å². The van der Waals surface area contributed by atoms with Crippen LogP contribution in [-0.4, -0.2) is 23.8 Å². The summed E-state index contributed by atoms with van der Waals surface area (Å²) in [4.78, 5) is 14.8. The number of hydrogen-bond acceptors (Lipinski definition) is 3. The molecule has 28 heavy (non-hydrogen) atoms. The van der Waals surface area contributed by atoms with E-state index in [1.165, 1.54) is 0 Å². The Morgan fingerprint density at radius 1 is 1.14 bits per heavy atom. The Kier molecular flexibility index (Phi) is 3.72. The van der Waals surface area contributed by atoms with E-state index in [9.17, 15) is 4.79 Å². The zero-order valence-corrected chi connectivity index (χ0v) is 15.9. The lowest BCUT2D eigenvalue weighted by atomic mass is 9.88. The fraction of sp³-hybridized carbons (Fsp3) is 0.261. The summed E-state index contributed by atoms with van der Waals surface area (Å²) >= 11 is 0. The lowest BCUT2D eigenvalue weighted by Crippen LogP contribution is -2.64. The van der Waals surface area contributed by atoms with E-state index in [1.54, 1.807) is 12.0 Å². The molecular weight excluding hydrogens is 352 g/mol. The highest BCUT2D eigenvalue weighted by molar-refractivity contribution is 5.90. The number of para-hydroxylation sites is 1. The maximum atomic E-state index is 13.0. The lowest BCUT2D eigenvalue weighted by Gasteiger charge is -2.51. The molecule has 2 aliphatic heterocycles. The van der Waals surface area contributed by atoms with Crippen molar-refractivity contribution in [3.8, 4) is 11.5 Å². The van der Waals surface area contributed by atoms with E-state index in [-0.39, 0.29) is 12.1 Å². The van der Waals surface area contributed by atoms with Crippen molar-refractivity contribution in [3.05, 3.63) is 71.8 Å². The number of methoxy groups -OCH3 is 1. The highest BCUT2D eigenvalue weighted by Crippen LogP contribution is 2.47. The molecule has 5 nitrogen and oxygen atoms in total. The summed E-state index contributed by atoms with van der Waals surface area (Å²) in [6.07, 6.45) is 0.694. The third kappa shape index (κ3) is 2.50. The number of rotatable bonds is 3. The molecule has 2 bridgehead atoms. The zero-order valence-electron chi connectivity index (χ0n) is 15.9. The monoisotopic (exact) mass is 374 g/mol. The van der Waals surface area contributed by atoms with Crippen molar-refractivity contribution in [2.24, 2.45) is 0 Å².